The minimum Gasteiger partial charge on any atom is -0.314 e. The van der Waals surface area contributed by atoms with Crippen LogP contribution >= 0.6 is 0 Å². The third kappa shape index (κ3) is 6.42. The molecular formula is C15H32N2. The number of nitrogens with zero attached hydrogens (tertiary/aromatic N) is 1. The predicted octanol–water partition coefficient (Wildman–Crippen LogP) is 3.28. The van der Waals surface area contributed by atoms with Gasteiger partial charge in [0.25, 0.3) is 0 Å². The molecule has 0 aromatic rings. The summed E-state index contributed by atoms with van der Waals surface area (Å²) in [6.45, 7) is 14.4. The number of likely N-dealkylation sites (tertiary alicyclic amines) is 1. The molecule has 2 nitrogen and oxygen atoms in total. The molecule has 1 unspecified atom stereocenters. The van der Waals surface area contributed by atoms with Gasteiger partial charge in [0.2, 0.25) is 0 Å². The van der Waals surface area contributed by atoms with Crippen molar-refractivity contribution in [2.75, 3.05) is 26.2 Å². The zero-order chi connectivity index (χ0) is 12.7. The number of rotatable bonds is 8. The van der Waals surface area contributed by atoms with Crippen molar-refractivity contribution in [1.29, 1.82) is 0 Å². The molecule has 1 N–H and O–H groups in total. The summed E-state index contributed by atoms with van der Waals surface area (Å²) >= 11 is 0. The fraction of sp³-hybridized carbons (Fsp3) is 1.00. The topological polar surface area (TPSA) is 15.3 Å². The van der Waals surface area contributed by atoms with Crippen LogP contribution in [0.25, 0.3) is 0 Å². The van der Waals surface area contributed by atoms with E-state index in [1.165, 1.54) is 58.3 Å². The van der Waals surface area contributed by atoms with Crippen molar-refractivity contribution in [2.45, 2.75) is 65.8 Å². The van der Waals surface area contributed by atoms with E-state index in [4.69, 9.17) is 0 Å². The van der Waals surface area contributed by atoms with Gasteiger partial charge in [-0.2, -0.15) is 0 Å². The monoisotopic (exact) mass is 240 g/mol. The fourth-order valence-electron chi connectivity index (χ4n) is 2.69. The summed E-state index contributed by atoms with van der Waals surface area (Å²) < 4.78 is 0. The largest absolute Gasteiger partial charge is 0.314 e. The van der Waals surface area contributed by atoms with Gasteiger partial charge in [0, 0.05) is 12.6 Å². The molecule has 0 saturated carbocycles. The maximum absolute atomic E-state index is 3.56. The summed E-state index contributed by atoms with van der Waals surface area (Å²) in [7, 11) is 0. The molecule has 1 aliphatic heterocycles. The Labute approximate surface area is 108 Å². The average molecular weight is 240 g/mol. The molecule has 1 atom stereocenters. The SMILES string of the molecule is CCCNC(C)CCCCN1CCC(C)(C)C1. The molecule has 0 aromatic heterocycles. The van der Waals surface area contributed by atoms with Crippen LogP contribution in [0.3, 0.4) is 0 Å². The highest BCUT2D eigenvalue weighted by molar-refractivity contribution is 4.82. The maximum Gasteiger partial charge on any atom is 0.00387 e. The van der Waals surface area contributed by atoms with Crippen LogP contribution in [0.4, 0.5) is 0 Å². The van der Waals surface area contributed by atoms with Crippen LogP contribution < -0.4 is 5.32 Å². The molecule has 2 heteroatoms. The molecule has 1 heterocycles. The first-order valence-corrected chi connectivity index (χ1v) is 7.49. The second-order valence-electron chi connectivity index (χ2n) is 6.54. The van der Waals surface area contributed by atoms with Gasteiger partial charge in [-0.25, -0.2) is 0 Å². The van der Waals surface area contributed by atoms with E-state index in [1.54, 1.807) is 0 Å². The molecule has 0 amide bonds. The minimum atomic E-state index is 0.565. The van der Waals surface area contributed by atoms with Crippen molar-refractivity contribution >= 4 is 0 Å². The molecule has 0 radical (unpaired) electrons. The predicted molar refractivity (Wildman–Crippen MR) is 76.4 cm³/mol. The zero-order valence-corrected chi connectivity index (χ0v) is 12.4. The Morgan fingerprint density at radius 1 is 1.29 bits per heavy atom. The molecule has 0 aliphatic carbocycles. The first-order chi connectivity index (χ1) is 8.03. The van der Waals surface area contributed by atoms with E-state index in [-0.39, 0.29) is 0 Å². The number of nitrogens with one attached hydrogen (secondary N) is 1. The number of unbranched alkanes of at least 4 members (excludes halogenated alkanes) is 1. The van der Waals surface area contributed by atoms with Crippen molar-refractivity contribution in [2.24, 2.45) is 5.41 Å². The van der Waals surface area contributed by atoms with Crippen molar-refractivity contribution in [3.63, 3.8) is 0 Å². The molecule has 1 aliphatic rings. The molecule has 102 valence electrons. The summed E-state index contributed by atoms with van der Waals surface area (Å²) in [6.07, 6.45) is 6.69. The van der Waals surface area contributed by atoms with Gasteiger partial charge in [0.05, 0.1) is 0 Å². The maximum atomic E-state index is 3.56. The van der Waals surface area contributed by atoms with E-state index in [1.807, 2.05) is 0 Å². The first-order valence-electron chi connectivity index (χ1n) is 7.49. The third-order valence-corrected chi connectivity index (χ3v) is 3.86. The van der Waals surface area contributed by atoms with Crippen molar-refractivity contribution < 1.29 is 0 Å². The van der Waals surface area contributed by atoms with Gasteiger partial charge >= 0.3 is 0 Å². The summed E-state index contributed by atoms with van der Waals surface area (Å²) in [5.41, 5.74) is 0.565. The summed E-state index contributed by atoms with van der Waals surface area (Å²) in [4.78, 5) is 2.64. The second-order valence-corrected chi connectivity index (χ2v) is 6.54. The Morgan fingerprint density at radius 3 is 2.65 bits per heavy atom. The van der Waals surface area contributed by atoms with Gasteiger partial charge in [0.1, 0.15) is 0 Å². The van der Waals surface area contributed by atoms with Gasteiger partial charge in [-0.15, -0.1) is 0 Å². The summed E-state index contributed by atoms with van der Waals surface area (Å²) in [6, 6.07) is 0.699. The number of hydrogen-bond acceptors (Lipinski definition) is 2. The lowest BCUT2D eigenvalue weighted by Crippen LogP contribution is -2.27. The van der Waals surface area contributed by atoms with E-state index >= 15 is 0 Å². The first kappa shape index (κ1) is 15.0. The van der Waals surface area contributed by atoms with Crippen molar-refractivity contribution in [1.82, 2.24) is 10.2 Å². The van der Waals surface area contributed by atoms with Gasteiger partial charge < -0.3 is 10.2 Å². The van der Waals surface area contributed by atoms with Gasteiger partial charge in [-0.1, -0.05) is 27.2 Å². The summed E-state index contributed by atoms with van der Waals surface area (Å²) in [5, 5.41) is 3.56. The molecule has 0 bridgehead atoms. The minimum absolute atomic E-state index is 0.565. The van der Waals surface area contributed by atoms with E-state index in [2.05, 4.69) is 37.9 Å². The van der Waals surface area contributed by atoms with E-state index in [9.17, 15) is 0 Å². The highest BCUT2D eigenvalue weighted by Crippen LogP contribution is 2.28. The Morgan fingerprint density at radius 2 is 2.06 bits per heavy atom. The lowest BCUT2D eigenvalue weighted by atomic mass is 9.93. The van der Waals surface area contributed by atoms with E-state index in [0.29, 0.717) is 11.5 Å². The molecule has 1 fully saturated rings. The van der Waals surface area contributed by atoms with Crippen LogP contribution in [0, 0.1) is 5.41 Å². The molecule has 17 heavy (non-hydrogen) atoms. The fourth-order valence-corrected chi connectivity index (χ4v) is 2.69. The lowest BCUT2D eigenvalue weighted by molar-refractivity contribution is 0.283. The Kier molecular flexibility index (Phi) is 6.50. The van der Waals surface area contributed by atoms with Crippen LogP contribution in [-0.4, -0.2) is 37.1 Å². The van der Waals surface area contributed by atoms with Crippen LogP contribution in [0.15, 0.2) is 0 Å². The molecule has 0 spiro atoms. The highest BCUT2D eigenvalue weighted by atomic mass is 15.1. The standard InChI is InChI=1S/C15H32N2/c1-5-10-16-14(2)8-6-7-11-17-12-9-15(3,4)13-17/h14,16H,5-13H2,1-4H3. The van der Waals surface area contributed by atoms with Crippen LogP contribution in [-0.2, 0) is 0 Å². The number of hydrogen-bond donors (Lipinski definition) is 1. The Hall–Kier alpha value is -0.0800. The molecule has 0 aromatic carbocycles. The average Bonchev–Trinajstić information content (AvgIpc) is 2.61. The van der Waals surface area contributed by atoms with E-state index in [0.717, 1.165) is 0 Å². The normalized spacial score (nSPS) is 21.9. The quantitative estimate of drug-likeness (QED) is 0.655. The lowest BCUT2D eigenvalue weighted by Gasteiger charge is -2.20. The molecular weight excluding hydrogens is 208 g/mol. The van der Waals surface area contributed by atoms with Crippen molar-refractivity contribution in [3.8, 4) is 0 Å². The van der Waals surface area contributed by atoms with Gasteiger partial charge in [-0.05, 0) is 57.7 Å². The van der Waals surface area contributed by atoms with Gasteiger partial charge in [-0.3, -0.25) is 0 Å². The molecule has 1 saturated heterocycles. The second kappa shape index (κ2) is 7.38. The highest BCUT2D eigenvalue weighted by Gasteiger charge is 2.28. The van der Waals surface area contributed by atoms with Gasteiger partial charge in [0.15, 0.2) is 0 Å². The Bertz CT molecular complexity index is 201. The smallest absolute Gasteiger partial charge is 0.00387 e. The van der Waals surface area contributed by atoms with Crippen LogP contribution in [0.2, 0.25) is 0 Å². The Balaban J connectivity index is 1.97. The third-order valence-electron chi connectivity index (χ3n) is 3.86. The molecule has 1 rings (SSSR count). The summed E-state index contributed by atoms with van der Waals surface area (Å²) in [5.74, 6) is 0. The van der Waals surface area contributed by atoms with Crippen LogP contribution in [0.5, 0.6) is 0 Å². The van der Waals surface area contributed by atoms with Crippen LogP contribution in [0.1, 0.15) is 59.8 Å². The van der Waals surface area contributed by atoms with E-state index < -0.39 is 0 Å². The zero-order valence-electron chi connectivity index (χ0n) is 12.4. The van der Waals surface area contributed by atoms with Crippen molar-refractivity contribution in [3.05, 3.63) is 0 Å².